The van der Waals surface area contributed by atoms with Gasteiger partial charge in [0, 0.05) is 38.1 Å². The maximum atomic E-state index is 12.1. The van der Waals surface area contributed by atoms with E-state index in [1.54, 1.807) is 11.9 Å². The van der Waals surface area contributed by atoms with Gasteiger partial charge < -0.3 is 20.1 Å². The van der Waals surface area contributed by atoms with E-state index in [-0.39, 0.29) is 30.0 Å². The lowest BCUT2D eigenvalue weighted by atomic mass is 9.64. The van der Waals surface area contributed by atoms with Gasteiger partial charge in [0.2, 0.25) is 0 Å². The van der Waals surface area contributed by atoms with Crippen molar-refractivity contribution in [1.29, 1.82) is 0 Å². The number of nitrogens with zero attached hydrogens (tertiary/aromatic N) is 1. The molecule has 1 aliphatic rings. The van der Waals surface area contributed by atoms with Gasteiger partial charge in [-0.2, -0.15) is 0 Å². The standard InChI is InChI=1S/C16H30N2O4/c1-5-6-10-22-13-11-12(16(13,2)3)18(4)15(21)17-9-7-8-14(19)20/h12-13H,5-11H2,1-4H3,(H,17,21)(H,19,20). The molecule has 6 nitrogen and oxygen atoms in total. The highest BCUT2D eigenvalue weighted by Gasteiger charge is 2.51. The highest BCUT2D eigenvalue weighted by Crippen LogP contribution is 2.45. The van der Waals surface area contributed by atoms with Gasteiger partial charge in [0.05, 0.1) is 6.10 Å². The van der Waals surface area contributed by atoms with Crippen molar-refractivity contribution >= 4 is 12.0 Å². The Bertz CT molecular complexity index is 384. The number of carboxylic acids is 1. The summed E-state index contributed by atoms with van der Waals surface area (Å²) in [5.74, 6) is -0.838. The maximum absolute atomic E-state index is 12.1. The molecule has 0 bridgehead atoms. The zero-order valence-electron chi connectivity index (χ0n) is 14.2. The van der Waals surface area contributed by atoms with E-state index in [4.69, 9.17) is 9.84 Å². The largest absolute Gasteiger partial charge is 0.481 e. The highest BCUT2D eigenvalue weighted by molar-refractivity contribution is 5.74. The van der Waals surface area contributed by atoms with Crippen molar-refractivity contribution in [3.05, 3.63) is 0 Å². The Hall–Kier alpha value is -1.30. The van der Waals surface area contributed by atoms with Crippen LogP contribution in [-0.2, 0) is 9.53 Å². The number of aliphatic carboxylic acids is 1. The lowest BCUT2D eigenvalue weighted by Crippen LogP contribution is -2.63. The van der Waals surface area contributed by atoms with Crippen LogP contribution < -0.4 is 5.32 Å². The molecule has 0 aromatic rings. The molecule has 0 heterocycles. The summed E-state index contributed by atoms with van der Waals surface area (Å²) in [4.78, 5) is 24.3. The number of urea groups is 1. The molecule has 22 heavy (non-hydrogen) atoms. The summed E-state index contributed by atoms with van der Waals surface area (Å²) in [6.45, 7) is 7.57. The second-order valence-electron chi connectivity index (χ2n) is 6.63. The van der Waals surface area contributed by atoms with Crippen molar-refractivity contribution in [2.24, 2.45) is 5.41 Å². The van der Waals surface area contributed by atoms with Gasteiger partial charge in [-0.15, -0.1) is 0 Å². The van der Waals surface area contributed by atoms with E-state index in [1.807, 2.05) is 0 Å². The third-order valence-electron chi connectivity index (χ3n) is 4.57. The summed E-state index contributed by atoms with van der Waals surface area (Å²) in [5.41, 5.74) is -0.0547. The molecule has 2 unspecified atom stereocenters. The predicted molar refractivity (Wildman–Crippen MR) is 84.9 cm³/mol. The van der Waals surface area contributed by atoms with Crippen molar-refractivity contribution in [1.82, 2.24) is 10.2 Å². The van der Waals surface area contributed by atoms with Crippen LogP contribution in [-0.4, -0.2) is 54.4 Å². The van der Waals surface area contributed by atoms with E-state index in [2.05, 4.69) is 26.1 Å². The van der Waals surface area contributed by atoms with E-state index >= 15 is 0 Å². The molecule has 0 aliphatic heterocycles. The monoisotopic (exact) mass is 314 g/mol. The first kappa shape index (κ1) is 18.7. The zero-order valence-corrected chi connectivity index (χ0v) is 14.2. The minimum absolute atomic E-state index is 0.0547. The molecule has 0 saturated heterocycles. The van der Waals surface area contributed by atoms with Crippen LogP contribution in [0, 0.1) is 5.41 Å². The highest BCUT2D eigenvalue weighted by atomic mass is 16.5. The van der Waals surface area contributed by atoms with Crippen LogP contribution in [0.5, 0.6) is 0 Å². The lowest BCUT2D eigenvalue weighted by Gasteiger charge is -2.54. The van der Waals surface area contributed by atoms with E-state index < -0.39 is 5.97 Å². The van der Waals surface area contributed by atoms with Crippen LogP contribution in [0.4, 0.5) is 4.79 Å². The summed E-state index contributed by atoms with van der Waals surface area (Å²) in [7, 11) is 1.79. The average molecular weight is 314 g/mol. The first-order valence-electron chi connectivity index (χ1n) is 8.14. The van der Waals surface area contributed by atoms with Crippen molar-refractivity contribution in [3.63, 3.8) is 0 Å². The van der Waals surface area contributed by atoms with Crippen molar-refractivity contribution < 1.29 is 19.4 Å². The first-order chi connectivity index (χ1) is 10.3. The molecule has 2 amide bonds. The van der Waals surface area contributed by atoms with Crippen LogP contribution in [0.15, 0.2) is 0 Å². The lowest BCUT2D eigenvalue weighted by molar-refractivity contribution is -0.139. The smallest absolute Gasteiger partial charge is 0.317 e. The summed E-state index contributed by atoms with van der Waals surface area (Å²) >= 11 is 0. The number of carboxylic acid groups (broad SMARTS) is 1. The minimum Gasteiger partial charge on any atom is -0.481 e. The van der Waals surface area contributed by atoms with Gasteiger partial charge in [-0.25, -0.2) is 4.79 Å². The van der Waals surface area contributed by atoms with Gasteiger partial charge in [0.1, 0.15) is 0 Å². The number of hydrogen-bond donors (Lipinski definition) is 2. The summed E-state index contributed by atoms with van der Waals surface area (Å²) in [6.07, 6.45) is 3.77. The Morgan fingerprint density at radius 2 is 2.05 bits per heavy atom. The second-order valence-corrected chi connectivity index (χ2v) is 6.63. The molecule has 2 atom stereocenters. The number of carbonyl (C=O) groups is 2. The molecule has 1 fully saturated rings. The molecule has 0 aromatic carbocycles. The molecule has 0 aromatic heterocycles. The van der Waals surface area contributed by atoms with Crippen molar-refractivity contribution in [2.75, 3.05) is 20.2 Å². The zero-order chi connectivity index (χ0) is 16.8. The van der Waals surface area contributed by atoms with Crippen LogP contribution in [0.3, 0.4) is 0 Å². The average Bonchev–Trinajstić information content (AvgIpc) is 2.45. The van der Waals surface area contributed by atoms with Crippen LogP contribution >= 0.6 is 0 Å². The van der Waals surface area contributed by atoms with Gasteiger partial charge in [-0.1, -0.05) is 27.2 Å². The number of hydrogen-bond acceptors (Lipinski definition) is 3. The Labute approximate surface area is 133 Å². The Kier molecular flexibility index (Phi) is 7.13. The van der Waals surface area contributed by atoms with Gasteiger partial charge in [-0.05, 0) is 19.3 Å². The topological polar surface area (TPSA) is 78.9 Å². The first-order valence-corrected chi connectivity index (χ1v) is 8.14. The summed E-state index contributed by atoms with van der Waals surface area (Å²) in [6, 6.07) is 0.00840. The Morgan fingerprint density at radius 1 is 1.36 bits per heavy atom. The minimum atomic E-state index is -0.838. The molecule has 1 aliphatic carbocycles. The number of ether oxygens (including phenoxy) is 1. The van der Waals surface area contributed by atoms with Crippen LogP contribution in [0.25, 0.3) is 0 Å². The van der Waals surface area contributed by atoms with E-state index in [1.165, 1.54) is 0 Å². The normalized spacial score (nSPS) is 22.7. The molecular formula is C16H30N2O4. The molecular weight excluding hydrogens is 284 g/mol. The quantitative estimate of drug-likeness (QED) is 0.641. The van der Waals surface area contributed by atoms with Gasteiger partial charge in [-0.3, -0.25) is 4.79 Å². The number of nitrogens with one attached hydrogen (secondary N) is 1. The number of rotatable bonds is 9. The SMILES string of the molecule is CCCCOC1CC(N(C)C(=O)NCCCC(=O)O)C1(C)C. The van der Waals surface area contributed by atoms with Gasteiger partial charge in [0.25, 0.3) is 0 Å². The molecule has 128 valence electrons. The predicted octanol–water partition coefficient (Wildman–Crippen LogP) is 2.48. The number of unbranched alkanes of at least 4 members (excludes halogenated alkanes) is 1. The van der Waals surface area contributed by atoms with Crippen molar-refractivity contribution in [2.45, 2.75) is 65.0 Å². The number of amides is 2. The molecule has 0 radical (unpaired) electrons. The third-order valence-corrected chi connectivity index (χ3v) is 4.57. The van der Waals surface area contributed by atoms with Crippen LogP contribution in [0.2, 0.25) is 0 Å². The van der Waals surface area contributed by atoms with E-state index in [9.17, 15) is 9.59 Å². The molecule has 1 rings (SSSR count). The van der Waals surface area contributed by atoms with Crippen LogP contribution in [0.1, 0.15) is 52.9 Å². The molecule has 0 spiro atoms. The third kappa shape index (κ3) is 4.87. The van der Waals surface area contributed by atoms with E-state index in [0.717, 1.165) is 25.9 Å². The number of carbonyl (C=O) groups excluding carboxylic acids is 1. The molecule has 2 N–H and O–H groups in total. The fraction of sp³-hybridized carbons (Fsp3) is 0.875. The maximum Gasteiger partial charge on any atom is 0.317 e. The molecule has 1 saturated carbocycles. The van der Waals surface area contributed by atoms with E-state index in [0.29, 0.717) is 13.0 Å². The second kappa shape index (κ2) is 8.36. The fourth-order valence-electron chi connectivity index (χ4n) is 2.88. The summed E-state index contributed by atoms with van der Waals surface area (Å²) < 4.78 is 5.90. The summed E-state index contributed by atoms with van der Waals surface area (Å²) in [5, 5.41) is 11.3. The van der Waals surface area contributed by atoms with Gasteiger partial charge >= 0.3 is 12.0 Å². The molecule has 6 heteroatoms. The van der Waals surface area contributed by atoms with Gasteiger partial charge in [0.15, 0.2) is 0 Å². The van der Waals surface area contributed by atoms with Crippen molar-refractivity contribution in [3.8, 4) is 0 Å². The Balaban J connectivity index is 2.35. The Morgan fingerprint density at radius 3 is 2.59 bits per heavy atom. The fourth-order valence-corrected chi connectivity index (χ4v) is 2.88.